The summed E-state index contributed by atoms with van der Waals surface area (Å²) < 4.78 is 10.9. The number of ether oxygens (including phenoxy) is 1. The summed E-state index contributed by atoms with van der Waals surface area (Å²) in [5.41, 5.74) is 3.03. The molecule has 0 aliphatic carbocycles. The second-order valence-corrected chi connectivity index (χ2v) is 6.76. The molecule has 0 aliphatic heterocycles. The number of hydrogen-bond acceptors (Lipinski definition) is 4. The number of carbonyl (C=O) groups is 2. The van der Waals surface area contributed by atoms with Crippen molar-refractivity contribution in [1.29, 1.82) is 0 Å². The van der Waals surface area contributed by atoms with Gasteiger partial charge >= 0.3 is 5.97 Å². The molecule has 0 N–H and O–H groups in total. The molecule has 0 saturated carbocycles. The lowest BCUT2D eigenvalue weighted by molar-refractivity contribution is 0.0703. The van der Waals surface area contributed by atoms with E-state index < -0.39 is 5.97 Å². The van der Waals surface area contributed by atoms with Crippen molar-refractivity contribution in [2.45, 2.75) is 6.92 Å². The van der Waals surface area contributed by atoms with E-state index in [0.29, 0.717) is 22.6 Å². The van der Waals surface area contributed by atoms with Crippen LogP contribution in [0.3, 0.4) is 0 Å². The Morgan fingerprint density at radius 3 is 2.28 bits per heavy atom. The number of para-hydroxylation sites is 1. The van der Waals surface area contributed by atoms with Gasteiger partial charge in [-0.1, -0.05) is 35.9 Å². The largest absolute Gasteiger partial charge is 0.449 e. The van der Waals surface area contributed by atoms with Gasteiger partial charge in [0.2, 0.25) is 5.76 Å². The molecule has 0 saturated heterocycles. The van der Waals surface area contributed by atoms with Crippen molar-refractivity contribution in [3.63, 3.8) is 0 Å². The highest BCUT2D eigenvalue weighted by atomic mass is 16.5. The first kappa shape index (κ1) is 18.5. The number of carbonyl (C=O) groups excluding carboxylic acids is 2. The van der Waals surface area contributed by atoms with E-state index in [1.165, 1.54) is 0 Å². The van der Waals surface area contributed by atoms with Gasteiger partial charge in [0.05, 0.1) is 0 Å². The van der Waals surface area contributed by atoms with Gasteiger partial charge in [-0.15, -0.1) is 0 Å². The van der Waals surface area contributed by atoms with Gasteiger partial charge in [-0.3, -0.25) is 4.79 Å². The smallest absolute Gasteiger partial charge is 0.379 e. The summed E-state index contributed by atoms with van der Waals surface area (Å²) >= 11 is 0. The first-order chi connectivity index (χ1) is 14.0. The van der Waals surface area contributed by atoms with Crippen LogP contribution in [0.5, 0.6) is 5.75 Å². The molecule has 0 atom stereocenters. The van der Waals surface area contributed by atoms with Crippen molar-refractivity contribution in [2.75, 3.05) is 11.9 Å². The van der Waals surface area contributed by atoms with Crippen molar-refractivity contribution in [2.24, 2.45) is 0 Å². The van der Waals surface area contributed by atoms with Gasteiger partial charge in [0.25, 0.3) is 5.91 Å². The number of furan rings is 1. The summed E-state index contributed by atoms with van der Waals surface area (Å²) in [6.07, 6.45) is 0. The molecule has 0 aliphatic rings. The summed E-state index contributed by atoms with van der Waals surface area (Å²) in [6, 6.07) is 23.2. The Morgan fingerprint density at radius 1 is 0.897 bits per heavy atom. The minimum absolute atomic E-state index is 0.114. The van der Waals surface area contributed by atoms with Crippen molar-refractivity contribution < 1.29 is 18.7 Å². The molecule has 1 amide bonds. The highest BCUT2D eigenvalue weighted by molar-refractivity contribution is 6.05. The molecule has 3 aromatic carbocycles. The fourth-order valence-electron chi connectivity index (χ4n) is 2.98. The molecule has 144 valence electrons. The van der Waals surface area contributed by atoms with E-state index in [2.05, 4.69) is 0 Å². The number of amides is 1. The maximum absolute atomic E-state index is 12.6. The molecule has 0 spiro atoms. The molecule has 4 aromatic rings. The molecule has 0 unspecified atom stereocenters. The molecular formula is C24H19NO4. The van der Waals surface area contributed by atoms with Crippen LogP contribution in [0.15, 0.2) is 83.3 Å². The SMILES string of the molecule is Cc1ccc(C(=O)N(C)c2ccc(OC(=O)c3cc4ccccc4o3)cc2)cc1. The number of fused-ring (bicyclic) bond motifs is 1. The number of benzene rings is 3. The molecule has 29 heavy (non-hydrogen) atoms. The third-order valence-electron chi connectivity index (χ3n) is 4.66. The molecule has 1 heterocycles. The quantitative estimate of drug-likeness (QED) is 0.356. The number of nitrogens with zero attached hydrogens (tertiary/aromatic N) is 1. The molecule has 0 bridgehead atoms. The van der Waals surface area contributed by atoms with E-state index >= 15 is 0 Å². The monoisotopic (exact) mass is 385 g/mol. The molecule has 0 radical (unpaired) electrons. The first-order valence-electron chi connectivity index (χ1n) is 9.17. The zero-order chi connectivity index (χ0) is 20.4. The van der Waals surface area contributed by atoms with Gasteiger partial charge in [0.15, 0.2) is 0 Å². The van der Waals surface area contributed by atoms with Crippen LogP contribution in [0, 0.1) is 6.92 Å². The zero-order valence-electron chi connectivity index (χ0n) is 16.1. The highest BCUT2D eigenvalue weighted by Gasteiger charge is 2.16. The molecule has 4 rings (SSSR count). The van der Waals surface area contributed by atoms with Crippen molar-refractivity contribution in [3.05, 3.63) is 95.7 Å². The van der Waals surface area contributed by atoms with Gasteiger partial charge in [-0.2, -0.15) is 0 Å². The van der Waals surface area contributed by atoms with E-state index in [-0.39, 0.29) is 11.7 Å². The average molecular weight is 385 g/mol. The number of anilines is 1. The fourth-order valence-corrected chi connectivity index (χ4v) is 2.98. The number of aryl methyl sites for hydroxylation is 1. The van der Waals surface area contributed by atoms with E-state index in [0.717, 1.165) is 10.9 Å². The Hall–Kier alpha value is -3.86. The Kier molecular flexibility index (Phi) is 4.87. The van der Waals surface area contributed by atoms with Crippen LogP contribution < -0.4 is 9.64 Å². The van der Waals surface area contributed by atoms with Crippen molar-refractivity contribution in [3.8, 4) is 5.75 Å². The Labute approximate surface area is 168 Å². The lowest BCUT2D eigenvalue weighted by Gasteiger charge is -2.18. The Bertz CT molecular complexity index is 1140. The van der Waals surface area contributed by atoms with Crippen LogP contribution in [0.4, 0.5) is 5.69 Å². The molecule has 0 fully saturated rings. The Balaban J connectivity index is 1.46. The predicted octanol–water partition coefficient (Wildman–Crippen LogP) is 5.24. The standard InChI is InChI=1S/C24H19NO4/c1-16-7-9-17(10-8-16)23(26)25(2)19-11-13-20(14-12-19)28-24(27)22-15-18-5-3-4-6-21(18)29-22/h3-15H,1-2H3. The van der Waals surface area contributed by atoms with Crippen molar-refractivity contribution >= 4 is 28.5 Å². The van der Waals surface area contributed by atoms with Crippen molar-refractivity contribution in [1.82, 2.24) is 0 Å². The topological polar surface area (TPSA) is 59.8 Å². The lowest BCUT2D eigenvalue weighted by Crippen LogP contribution is -2.26. The van der Waals surface area contributed by atoms with Crippen LogP contribution in [-0.4, -0.2) is 18.9 Å². The van der Waals surface area contributed by atoms with Gasteiger partial charge < -0.3 is 14.1 Å². The summed E-state index contributed by atoms with van der Waals surface area (Å²) in [5.74, 6) is -0.174. The fraction of sp³-hybridized carbons (Fsp3) is 0.0833. The maximum Gasteiger partial charge on any atom is 0.379 e. The van der Waals surface area contributed by atoms with Crippen LogP contribution in [0.25, 0.3) is 11.0 Å². The minimum Gasteiger partial charge on any atom is -0.449 e. The summed E-state index contributed by atoms with van der Waals surface area (Å²) in [5, 5.41) is 0.839. The molecule has 1 aromatic heterocycles. The molecular weight excluding hydrogens is 366 g/mol. The third-order valence-corrected chi connectivity index (χ3v) is 4.66. The lowest BCUT2D eigenvalue weighted by atomic mass is 10.1. The number of hydrogen-bond donors (Lipinski definition) is 0. The van der Waals surface area contributed by atoms with Gasteiger partial charge in [-0.25, -0.2) is 4.79 Å². The van der Waals surface area contributed by atoms with E-state index in [4.69, 9.17) is 9.15 Å². The minimum atomic E-state index is -0.571. The zero-order valence-corrected chi connectivity index (χ0v) is 16.1. The number of rotatable bonds is 4. The first-order valence-corrected chi connectivity index (χ1v) is 9.17. The number of esters is 1. The van der Waals surface area contributed by atoms with E-state index in [1.807, 2.05) is 37.3 Å². The van der Waals surface area contributed by atoms with Crippen LogP contribution in [0.1, 0.15) is 26.5 Å². The van der Waals surface area contributed by atoms with E-state index in [9.17, 15) is 9.59 Å². The summed E-state index contributed by atoms with van der Waals surface area (Å²) in [4.78, 5) is 26.5. The van der Waals surface area contributed by atoms with Gasteiger partial charge in [-0.05, 0) is 55.5 Å². The van der Waals surface area contributed by atoms with Gasteiger partial charge in [0, 0.05) is 23.7 Å². The molecule has 5 nitrogen and oxygen atoms in total. The van der Waals surface area contributed by atoms with Gasteiger partial charge in [0.1, 0.15) is 11.3 Å². The predicted molar refractivity (Wildman–Crippen MR) is 112 cm³/mol. The normalized spacial score (nSPS) is 10.7. The van der Waals surface area contributed by atoms with Crippen LogP contribution in [0.2, 0.25) is 0 Å². The Morgan fingerprint density at radius 2 is 1.59 bits per heavy atom. The van der Waals surface area contributed by atoms with Crippen LogP contribution in [-0.2, 0) is 0 Å². The van der Waals surface area contributed by atoms with Crippen LogP contribution >= 0.6 is 0 Å². The molecule has 5 heteroatoms. The average Bonchev–Trinajstić information content (AvgIpc) is 3.18. The second kappa shape index (κ2) is 7.64. The van der Waals surface area contributed by atoms with E-state index in [1.54, 1.807) is 60.5 Å². The highest BCUT2D eigenvalue weighted by Crippen LogP contribution is 2.23. The maximum atomic E-state index is 12.6. The second-order valence-electron chi connectivity index (χ2n) is 6.76. The summed E-state index contributed by atoms with van der Waals surface area (Å²) in [6.45, 7) is 1.98. The summed E-state index contributed by atoms with van der Waals surface area (Å²) in [7, 11) is 1.71. The third kappa shape index (κ3) is 3.89.